The average Bonchev–Trinajstić information content (AvgIpc) is 2.64. The van der Waals surface area contributed by atoms with Crippen molar-refractivity contribution in [1.82, 2.24) is 0 Å². The van der Waals surface area contributed by atoms with E-state index in [1.165, 1.54) is 12.0 Å². The lowest BCUT2D eigenvalue weighted by molar-refractivity contribution is -0.0207. The third kappa shape index (κ3) is 3.05. The van der Waals surface area contributed by atoms with Gasteiger partial charge in [0.05, 0.1) is 11.7 Å². The van der Waals surface area contributed by atoms with E-state index in [4.69, 9.17) is 4.74 Å². The highest BCUT2D eigenvalue weighted by atomic mass is 32.2. The molecule has 2 rings (SSSR count). The van der Waals surface area contributed by atoms with Crippen molar-refractivity contribution < 1.29 is 4.74 Å². The fourth-order valence-electron chi connectivity index (χ4n) is 2.46. The summed E-state index contributed by atoms with van der Waals surface area (Å²) in [6.45, 7) is 6.68. The first-order valence-electron chi connectivity index (χ1n) is 6.47. The maximum absolute atomic E-state index is 6.08. The molecule has 2 heteroatoms. The summed E-state index contributed by atoms with van der Waals surface area (Å²) in [7, 11) is 0. The second-order valence-electron chi connectivity index (χ2n) is 5.12. The van der Waals surface area contributed by atoms with E-state index in [-0.39, 0.29) is 5.60 Å². The summed E-state index contributed by atoms with van der Waals surface area (Å²) >= 11 is 2.05. The summed E-state index contributed by atoms with van der Waals surface area (Å²) in [5, 5.41) is 0.628. The Hall–Kier alpha value is -0.470. The van der Waals surface area contributed by atoms with Crippen molar-refractivity contribution >= 4 is 11.8 Å². The Morgan fingerprint density at radius 2 is 2.06 bits per heavy atom. The van der Waals surface area contributed by atoms with Gasteiger partial charge in [-0.05, 0) is 32.3 Å². The van der Waals surface area contributed by atoms with Crippen molar-refractivity contribution in [3.63, 3.8) is 0 Å². The number of benzene rings is 1. The van der Waals surface area contributed by atoms with Crippen molar-refractivity contribution in [3.05, 3.63) is 35.9 Å². The van der Waals surface area contributed by atoms with E-state index in [0.29, 0.717) is 11.4 Å². The van der Waals surface area contributed by atoms with Gasteiger partial charge < -0.3 is 4.74 Å². The van der Waals surface area contributed by atoms with E-state index < -0.39 is 0 Å². The van der Waals surface area contributed by atoms with Gasteiger partial charge in [0.1, 0.15) is 0 Å². The number of rotatable bonds is 4. The minimum absolute atomic E-state index is 0.0683. The molecule has 1 heterocycles. The Bertz CT molecular complexity index is 351. The first kappa shape index (κ1) is 13.0. The monoisotopic (exact) mass is 250 g/mol. The predicted molar refractivity (Wildman–Crippen MR) is 75.4 cm³/mol. The second kappa shape index (κ2) is 5.45. The molecule has 1 saturated heterocycles. The molecule has 1 aromatic carbocycles. The molecule has 0 N–H and O–H groups in total. The van der Waals surface area contributed by atoms with E-state index >= 15 is 0 Å². The summed E-state index contributed by atoms with van der Waals surface area (Å²) < 4.78 is 6.08. The minimum Gasteiger partial charge on any atom is -0.371 e. The van der Waals surface area contributed by atoms with E-state index in [1.807, 2.05) is 11.8 Å². The van der Waals surface area contributed by atoms with E-state index in [2.05, 4.69) is 51.1 Å². The maximum atomic E-state index is 6.08. The van der Waals surface area contributed by atoms with Gasteiger partial charge in [-0.1, -0.05) is 37.3 Å². The van der Waals surface area contributed by atoms with E-state index in [1.54, 1.807) is 0 Å². The zero-order valence-electron chi connectivity index (χ0n) is 11.0. The molecule has 94 valence electrons. The molecule has 0 radical (unpaired) electrons. The fourth-order valence-corrected chi connectivity index (χ4v) is 4.03. The predicted octanol–water partition coefficient (Wildman–Crippen LogP) is 4.27. The van der Waals surface area contributed by atoms with Crippen molar-refractivity contribution in [2.24, 2.45) is 0 Å². The molecular weight excluding hydrogens is 228 g/mol. The van der Waals surface area contributed by atoms with Gasteiger partial charge in [-0.25, -0.2) is 0 Å². The van der Waals surface area contributed by atoms with Crippen molar-refractivity contribution in [2.45, 2.75) is 56.3 Å². The second-order valence-corrected chi connectivity index (χ2v) is 6.31. The van der Waals surface area contributed by atoms with Crippen molar-refractivity contribution in [2.75, 3.05) is 0 Å². The van der Waals surface area contributed by atoms with Crippen LogP contribution < -0.4 is 0 Å². The average molecular weight is 250 g/mol. The molecule has 17 heavy (non-hydrogen) atoms. The van der Waals surface area contributed by atoms with Gasteiger partial charge in [0.15, 0.2) is 0 Å². The molecule has 1 aromatic rings. The summed E-state index contributed by atoms with van der Waals surface area (Å²) in [6.07, 6.45) is 2.69. The third-order valence-electron chi connectivity index (χ3n) is 3.69. The van der Waals surface area contributed by atoms with E-state index in [0.717, 1.165) is 12.2 Å². The van der Waals surface area contributed by atoms with E-state index in [9.17, 15) is 0 Å². The molecule has 0 aromatic heterocycles. The van der Waals surface area contributed by atoms with Gasteiger partial charge in [-0.15, -0.1) is 0 Å². The zero-order valence-corrected chi connectivity index (χ0v) is 11.8. The maximum Gasteiger partial charge on any atom is 0.0774 e. The van der Waals surface area contributed by atoms with Gasteiger partial charge in [-0.3, -0.25) is 0 Å². The van der Waals surface area contributed by atoms with Gasteiger partial charge in [0.25, 0.3) is 0 Å². The molecular formula is C15H22OS. The first-order chi connectivity index (χ1) is 8.14. The molecule has 0 saturated carbocycles. The highest BCUT2D eigenvalue weighted by Crippen LogP contribution is 2.41. The zero-order chi connectivity index (χ0) is 12.3. The minimum atomic E-state index is 0.0683. The molecule has 1 aliphatic heterocycles. The summed E-state index contributed by atoms with van der Waals surface area (Å²) in [5.74, 6) is 1.09. The van der Waals surface area contributed by atoms with Crippen LogP contribution in [0, 0.1) is 0 Å². The fraction of sp³-hybridized carbons (Fsp3) is 0.600. The standard InChI is InChI=1S/C15H22OS/c1-4-15(3)14(10-12(2)16-15)17-11-13-8-6-5-7-9-13/h5-9,12,14H,4,10-11H2,1-3H3/t12-,14+,15-/m0/s1. The smallest absolute Gasteiger partial charge is 0.0774 e. The van der Waals surface area contributed by atoms with Gasteiger partial charge in [-0.2, -0.15) is 11.8 Å². The van der Waals surface area contributed by atoms with Crippen molar-refractivity contribution in [1.29, 1.82) is 0 Å². The molecule has 0 aliphatic carbocycles. The van der Waals surface area contributed by atoms with Gasteiger partial charge >= 0.3 is 0 Å². The molecule has 3 atom stereocenters. The van der Waals surface area contributed by atoms with Gasteiger partial charge in [0, 0.05) is 11.0 Å². The van der Waals surface area contributed by atoms with Crippen molar-refractivity contribution in [3.8, 4) is 0 Å². The largest absolute Gasteiger partial charge is 0.371 e. The van der Waals surface area contributed by atoms with Crippen LogP contribution in [-0.4, -0.2) is 17.0 Å². The Kier molecular flexibility index (Phi) is 4.16. The highest BCUT2D eigenvalue weighted by molar-refractivity contribution is 7.99. The van der Waals surface area contributed by atoms with Crippen LogP contribution in [0.5, 0.6) is 0 Å². The number of hydrogen-bond donors (Lipinski definition) is 0. The summed E-state index contributed by atoms with van der Waals surface area (Å²) in [4.78, 5) is 0. The topological polar surface area (TPSA) is 9.23 Å². The van der Waals surface area contributed by atoms with Crippen LogP contribution in [0.3, 0.4) is 0 Å². The SMILES string of the molecule is CC[C@]1(C)O[C@@H](C)C[C@H]1SCc1ccccc1. The van der Waals surface area contributed by atoms with Crippen LogP contribution >= 0.6 is 11.8 Å². The molecule has 0 unspecified atom stereocenters. The highest BCUT2D eigenvalue weighted by Gasteiger charge is 2.42. The molecule has 0 bridgehead atoms. The Morgan fingerprint density at radius 1 is 1.35 bits per heavy atom. The van der Waals surface area contributed by atoms with Crippen LogP contribution in [0.2, 0.25) is 0 Å². The lowest BCUT2D eigenvalue weighted by Gasteiger charge is -2.29. The van der Waals surface area contributed by atoms with Crippen LogP contribution in [0.25, 0.3) is 0 Å². The number of hydrogen-bond acceptors (Lipinski definition) is 2. The Balaban J connectivity index is 1.95. The van der Waals surface area contributed by atoms with Crippen LogP contribution in [-0.2, 0) is 10.5 Å². The lowest BCUT2D eigenvalue weighted by Crippen LogP contribution is -2.33. The van der Waals surface area contributed by atoms with Crippen LogP contribution in [0.4, 0.5) is 0 Å². The molecule has 1 nitrogen and oxygen atoms in total. The number of ether oxygens (including phenoxy) is 1. The third-order valence-corrected chi connectivity index (χ3v) is 5.29. The van der Waals surface area contributed by atoms with Crippen LogP contribution in [0.1, 0.15) is 39.2 Å². The lowest BCUT2D eigenvalue weighted by atomic mass is 9.99. The number of thioether (sulfide) groups is 1. The summed E-state index contributed by atoms with van der Waals surface area (Å²) in [5.41, 5.74) is 1.48. The molecule has 1 aliphatic rings. The first-order valence-corrected chi connectivity index (χ1v) is 7.52. The quantitative estimate of drug-likeness (QED) is 0.789. The van der Waals surface area contributed by atoms with Gasteiger partial charge in [0.2, 0.25) is 0 Å². The molecule has 0 spiro atoms. The van der Waals surface area contributed by atoms with Crippen LogP contribution in [0.15, 0.2) is 30.3 Å². The summed E-state index contributed by atoms with van der Waals surface area (Å²) in [6, 6.07) is 10.7. The normalized spacial score (nSPS) is 32.9. The Labute approximate surface area is 109 Å². The molecule has 0 amide bonds. The Morgan fingerprint density at radius 3 is 2.71 bits per heavy atom. The molecule has 1 fully saturated rings.